The molecule has 0 aromatic heterocycles. The smallest absolute Gasteiger partial charge is 0.349 e. The van der Waals surface area contributed by atoms with Crippen molar-refractivity contribution >= 4 is 169 Å². The first kappa shape index (κ1) is 99.5. The molecule has 52 nitrogen and oxygen atoms in total. The van der Waals surface area contributed by atoms with Gasteiger partial charge in [0.2, 0.25) is 32.6 Å². The van der Waals surface area contributed by atoms with Crippen molar-refractivity contribution in [3.63, 3.8) is 0 Å². The molecule has 0 spiro atoms. The topological polar surface area (TPSA) is 731 Å². The van der Waals surface area contributed by atoms with Crippen LogP contribution in [0.5, 0.6) is 0 Å². The highest BCUT2D eigenvalue weighted by Gasteiger charge is 2.60. The van der Waals surface area contributed by atoms with Crippen LogP contribution in [0, 0.1) is 0 Å². The Morgan fingerprint density at radius 1 is 0.299 bits per heavy atom. The number of rotatable bonds is 9. The SMILES string of the molecule is CCOC(=O)C1COS(=O)(=O)C(F)S(=O)(=O)O1.COC(=O)C1COS(=O)(=O)C(C)(C)S(=O)(=O)O1.COC(=O)C1COS(=O)(=O)C(F)S(=O)(=O)O1.COC(=O)C1COS(=O)(=O)CCS(=O)(=O)O1.COC(=O)C1OS(=O)(=O)C(C)(C)S(=O)(=O)OC1C(=O)OC.COC(=O)C1OS(=O)(=O)CCS(=O)(=O)OC1C(=O)OC. The summed E-state index contributed by atoms with van der Waals surface area (Å²) in [6.45, 7) is 1.41. The molecule has 6 rings (SSSR count). The van der Waals surface area contributed by atoms with E-state index in [2.05, 4.69) is 88.1 Å². The molecule has 6 aliphatic heterocycles. The van der Waals surface area contributed by atoms with Gasteiger partial charge in [0.05, 0.1) is 79.4 Å². The zero-order valence-corrected chi connectivity index (χ0v) is 65.8. The van der Waals surface area contributed by atoms with E-state index in [4.69, 9.17) is 0 Å². The molecule has 6 fully saturated rings. The standard InChI is InChI=1S/C9H14O10S2.C8H12O10S2.C7H12O8S2.C6H9FO8S2.C6H10O8S2.C5H7FO8S2/c1-9(2)20(12,13)18-5(7(10)16-3)6(8(11)17-4)19-21(9,14)15;1-15-7(9)5-6(8(10)16-2)18-20(13,14)4-3-19(11,12)17-5;1-7(2)16(9,10)14-4-5(6(8)13-3)15-17(7,11)12;1-2-13-5(8)4-3-14-16(9,10)6(7)17(11,12)15-4;1-12-6(7)5-4-13-15(8,9)2-3-16(10,11)14-5;1-12-4(7)3-2-13-15(8,9)5(6)16(10,11)14-3/h5-6H,1-4H3;5-6H,3-4H2,1-2H3;5H,4H2,1-3H3;4,6H,2-3H2,1H3;5H,2-4H2,1H3;3,5H,2H2,1H3. The predicted octanol–water partition coefficient (Wildman–Crippen LogP) is -9.14. The van der Waals surface area contributed by atoms with Crippen molar-refractivity contribution in [3.8, 4) is 0 Å². The highest BCUT2D eigenvalue weighted by molar-refractivity contribution is 8.07. The maximum atomic E-state index is 13.0. The zero-order chi connectivity index (χ0) is 83.9. The molecule has 107 heavy (non-hydrogen) atoms. The third-order valence-electron chi connectivity index (χ3n) is 12.2. The molecular weight excluding hydrogens is 1750 g/mol. The van der Waals surface area contributed by atoms with Crippen molar-refractivity contribution in [1.82, 2.24) is 0 Å². The lowest BCUT2D eigenvalue weighted by Gasteiger charge is -2.24. The van der Waals surface area contributed by atoms with Crippen LogP contribution in [0.1, 0.15) is 34.6 Å². The third-order valence-corrected chi connectivity index (χ3v) is 33.3. The van der Waals surface area contributed by atoms with Crippen LogP contribution >= 0.6 is 0 Å². The molecule has 10 atom stereocenters. The Kier molecular flexibility index (Phi) is 35.5. The van der Waals surface area contributed by atoms with Gasteiger partial charge in [-0.2, -0.15) is 101 Å². The van der Waals surface area contributed by atoms with E-state index >= 15 is 0 Å². The maximum Gasteiger partial charge on any atom is 0.349 e. The van der Waals surface area contributed by atoms with Gasteiger partial charge in [-0.05, 0) is 34.6 Å². The van der Waals surface area contributed by atoms with Crippen LogP contribution in [0.3, 0.4) is 0 Å². The Morgan fingerprint density at radius 2 is 0.542 bits per heavy atom. The van der Waals surface area contributed by atoms with Crippen LogP contribution in [-0.4, -0.2) is 321 Å². The quantitative estimate of drug-likeness (QED) is 0.117. The largest absolute Gasteiger partial charge is 0.467 e. The molecule has 0 N–H and O–H groups in total. The second kappa shape index (κ2) is 38.2. The second-order valence-electron chi connectivity index (χ2n) is 20.1. The molecule has 66 heteroatoms. The Labute approximate surface area is 608 Å². The lowest BCUT2D eigenvalue weighted by Crippen LogP contribution is -2.49. The van der Waals surface area contributed by atoms with Crippen LogP contribution in [-0.2, 0) is 248 Å². The van der Waals surface area contributed by atoms with E-state index in [0.29, 0.717) is 0 Å². The van der Waals surface area contributed by atoms with Gasteiger partial charge >= 0.3 is 97.9 Å². The summed E-state index contributed by atoms with van der Waals surface area (Å²) in [5, 5.41) is 0. The molecule has 0 amide bonds. The molecule has 0 bridgehead atoms. The van der Waals surface area contributed by atoms with Crippen LogP contribution in [0.15, 0.2) is 0 Å². The molecule has 0 aromatic carbocycles. The number of alkyl halides is 2. The number of esters is 8. The molecule has 626 valence electrons. The number of carbonyl (C=O) groups excluding carboxylic acids is 8. The number of hydrogen-bond acceptors (Lipinski definition) is 52. The normalized spacial score (nSPS) is 30.2. The fourth-order valence-corrected chi connectivity index (χ4v) is 21.6. The molecule has 6 aliphatic rings. The first-order valence-electron chi connectivity index (χ1n) is 27.1. The van der Waals surface area contributed by atoms with Crippen LogP contribution in [0.2, 0.25) is 0 Å². The fraction of sp³-hybridized carbons (Fsp3) is 0.805. The molecule has 6 heterocycles. The van der Waals surface area contributed by atoms with Gasteiger partial charge in [0.15, 0.2) is 24.4 Å². The van der Waals surface area contributed by atoms with Gasteiger partial charge in [-0.15, -0.1) is 0 Å². The predicted molar refractivity (Wildman–Crippen MR) is 328 cm³/mol. The fourth-order valence-electron chi connectivity index (χ4n) is 6.19. The van der Waals surface area contributed by atoms with Crippen molar-refractivity contribution < 1.29 is 236 Å². The van der Waals surface area contributed by atoms with Gasteiger partial charge in [-0.1, -0.05) is 0 Å². The summed E-state index contributed by atoms with van der Waals surface area (Å²) in [5.74, 6) is -12.9. The zero-order valence-electron chi connectivity index (χ0n) is 56.0. The van der Waals surface area contributed by atoms with E-state index < -0.39 is 285 Å². The first-order valence-corrected chi connectivity index (χ1v) is 44.9. The van der Waals surface area contributed by atoms with Crippen molar-refractivity contribution in [2.75, 3.05) is 106 Å². The minimum Gasteiger partial charge on any atom is -0.467 e. The van der Waals surface area contributed by atoms with Gasteiger partial charge in [-0.25, -0.2) is 63.9 Å². The molecular formula is C41H64F2O52S12. The Balaban J connectivity index is 0.000000644. The summed E-state index contributed by atoms with van der Waals surface area (Å²) in [5.41, 5.74) is 0. The van der Waals surface area contributed by atoms with E-state index in [-0.39, 0.29) is 6.61 Å². The Bertz CT molecular complexity index is 4600. The average molecular weight is 1810 g/mol. The van der Waals surface area contributed by atoms with Crippen LogP contribution in [0.25, 0.3) is 0 Å². The van der Waals surface area contributed by atoms with Gasteiger partial charge in [0, 0.05) is 0 Å². The number of hydrogen-bond donors (Lipinski definition) is 0. The van der Waals surface area contributed by atoms with Crippen LogP contribution < -0.4 is 0 Å². The van der Waals surface area contributed by atoms with E-state index in [1.54, 1.807) is 0 Å². The number of methoxy groups -OCH3 is 7. The number of carbonyl (C=O) groups is 8. The van der Waals surface area contributed by atoms with Gasteiger partial charge in [0.25, 0.3) is 80.9 Å². The Morgan fingerprint density at radius 3 is 0.860 bits per heavy atom. The summed E-state index contributed by atoms with van der Waals surface area (Å²) in [7, 11) is -48.9. The highest BCUT2D eigenvalue weighted by Crippen LogP contribution is 2.35. The van der Waals surface area contributed by atoms with Crippen molar-refractivity contribution in [2.24, 2.45) is 0 Å². The summed E-state index contributed by atoms with van der Waals surface area (Å²) in [6.07, 6.45) is -15.4. The van der Waals surface area contributed by atoms with Gasteiger partial charge in [0.1, 0.15) is 26.4 Å². The van der Waals surface area contributed by atoms with Gasteiger partial charge < -0.3 is 37.9 Å². The lowest BCUT2D eigenvalue weighted by atomic mass is 10.2. The Hall–Kier alpha value is -5.46. The van der Waals surface area contributed by atoms with E-state index in [1.165, 1.54) is 6.92 Å². The lowest BCUT2D eigenvalue weighted by molar-refractivity contribution is -0.165. The van der Waals surface area contributed by atoms with Crippen LogP contribution in [0.4, 0.5) is 8.78 Å². The molecule has 10 unspecified atom stereocenters. The third kappa shape index (κ3) is 27.2. The summed E-state index contributed by atoms with van der Waals surface area (Å²) < 4.78 is 380. The average Bonchev–Trinajstić information content (AvgIpc) is 1.61. The van der Waals surface area contributed by atoms with E-state index in [1.807, 2.05) is 0 Å². The molecule has 0 radical (unpaired) electrons. The summed E-state index contributed by atoms with van der Waals surface area (Å²) in [6, 6.07) is 0. The second-order valence-corrected chi connectivity index (χ2v) is 43.1. The minimum atomic E-state index is -5.10. The van der Waals surface area contributed by atoms with E-state index in [9.17, 15) is 148 Å². The summed E-state index contributed by atoms with van der Waals surface area (Å²) in [4.78, 5) is 83.6. The highest BCUT2D eigenvalue weighted by atomic mass is 32.3. The minimum absolute atomic E-state index is 0.0788. The first-order chi connectivity index (χ1) is 48.2. The summed E-state index contributed by atoms with van der Waals surface area (Å²) >= 11 is 0. The van der Waals surface area contributed by atoms with Crippen molar-refractivity contribution in [2.45, 2.75) is 101 Å². The molecule has 6 saturated heterocycles. The van der Waals surface area contributed by atoms with E-state index in [0.717, 1.165) is 77.5 Å². The molecule has 0 aromatic rings. The monoisotopic (exact) mass is 1810 g/mol. The molecule has 0 saturated carbocycles. The van der Waals surface area contributed by atoms with Crippen molar-refractivity contribution in [1.29, 1.82) is 0 Å². The van der Waals surface area contributed by atoms with Gasteiger partial charge in [-0.3, -0.25) is 33.5 Å². The number of halogens is 2. The number of ether oxygens (including phenoxy) is 8. The van der Waals surface area contributed by atoms with Crippen molar-refractivity contribution in [3.05, 3.63) is 0 Å². The maximum absolute atomic E-state index is 13.0. The molecule has 0 aliphatic carbocycles.